The Kier molecular flexibility index (Phi) is 32.5. The van der Waals surface area contributed by atoms with E-state index in [9.17, 15) is 28.8 Å². The number of fused-ring (bicyclic) bond motifs is 3. The van der Waals surface area contributed by atoms with Gasteiger partial charge in [-0.1, -0.05) is 88.3 Å². The Morgan fingerprint density at radius 1 is 0.543 bits per heavy atom. The lowest BCUT2D eigenvalue weighted by Gasteiger charge is -2.39. The van der Waals surface area contributed by atoms with Gasteiger partial charge in [0, 0.05) is 82.0 Å². The molecule has 536 valence electrons. The molecule has 0 aromatic heterocycles. The van der Waals surface area contributed by atoms with E-state index in [4.69, 9.17) is 14.2 Å². The number of rotatable bonds is 18. The lowest BCUT2D eigenvalue weighted by Crippen LogP contribution is -2.62. The third-order valence-corrected chi connectivity index (χ3v) is 19.0. The summed E-state index contributed by atoms with van der Waals surface area (Å²) in [4.78, 5) is 174. The molecule has 16 atom stereocenters. The zero-order valence-corrected chi connectivity index (χ0v) is 61.3. The monoisotopic (exact) mass is 1330 g/mol. The van der Waals surface area contributed by atoms with Crippen LogP contribution < -0.4 is 21.3 Å². The van der Waals surface area contributed by atoms with Crippen molar-refractivity contribution in [3.8, 4) is 0 Å². The van der Waals surface area contributed by atoms with Gasteiger partial charge in [-0.25, -0.2) is 0 Å². The van der Waals surface area contributed by atoms with Crippen LogP contribution in [-0.4, -0.2) is 278 Å². The molecular weight excluding hydrogens is 1210 g/mol. The number of methoxy groups -OCH3 is 1. The fourth-order valence-electron chi connectivity index (χ4n) is 12.8. The molecule has 0 aromatic carbocycles. The van der Waals surface area contributed by atoms with Gasteiger partial charge >= 0.3 is 0 Å². The van der Waals surface area contributed by atoms with E-state index < -0.39 is 161 Å². The van der Waals surface area contributed by atoms with Crippen LogP contribution in [0.5, 0.6) is 0 Å². The molecular formula is C68H120N12O14. The summed E-state index contributed by atoms with van der Waals surface area (Å²) in [5, 5.41) is 11.2. The predicted molar refractivity (Wildman–Crippen MR) is 359 cm³/mol. The number of carbonyl (C=O) groups is 11. The highest BCUT2D eigenvalue weighted by atomic mass is 16.5. The van der Waals surface area contributed by atoms with Gasteiger partial charge in [-0.05, 0) is 103 Å². The first-order chi connectivity index (χ1) is 43.8. The molecule has 3 fully saturated rings. The first-order valence-corrected chi connectivity index (χ1v) is 34.0. The van der Waals surface area contributed by atoms with Gasteiger partial charge in [0.2, 0.25) is 65.0 Å². The van der Waals surface area contributed by atoms with Crippen molar-refractivity contribution >= 4 is 65.0 Å². The van der Waals surface area contributed by atoms with Crippen LogP contribution in [0.15, 0.2) is 12.2 Å². The normalized spacial score (nSPS) is 30.2. The maximum absolute atomic E-state index is 15.3. The number of nitrogens with one attached hydrogen (secondary N) is 4. The first-order valence-electron chi connectivity index (χ1n) is 34.0. The van der Waals surface area contributed by atoms with Gasteiger partial charge in [0.05, 0.1) is 31.5 Å². The second-order valence-electron chi connectivity index (χ2n) is 28.3. The minimum Gasteiger partial charge on any atom is -0.380 e. The van der Waals surface area contributed by atoms with Gasteiger partial charge in [-0.3, -0.25) is 57.6 Å². The van der Waals surface area contributed by atoms with E-state index in [1.165, 1.54) is 104 Å². The highest BCUT2D eigenvalue weighted by Gasteiger charge is 2.51. The number of likely N-dealkylation sites (tertiary alicyclic amines) is 1. The number of nitrogens with zero attached hydrogens (tertiary/aromatic N) is 8. The van der Waals surface area contributed by atoms with Crippen LogP contribution in [0.4, 0.5) is 0 Å². The number of allylic oxidation sites excluding steroid dienone is 2. The maximum Gasteiger partial charge on any atom is 0.248 e. The quantitative estimate of drug-likeness (QED) is 0.113. The molecule has 4 N–H and O–H groups in total. The molecule has 0 saturated carbocycles. The van der Waals surface area contributed by atoms with Crippen LogP contribution in [0.25, 0.3) is 0 Å². The third-order valence-electron chi connectivity index (χ3n) is 19.0. The first kappa shape index (κ1) is 82.0. The number of ether oxygens (including phenoxy) is 3. The Labute approximate surface area is 561 Å². The minimum atomic E-state index is -1.35. The summed E-state index contributed by atoms with van der Waals surface area (Å²) < 4.78 is 18.5. The van der Waals surface area contributed by atoms with Crippen LogP contribution in [0.1, 0.15) is 149 Å². The van der Waals surface area contributed by atoms with Crippen molar-refractivity contribution in [3.63, 3.8) is 0 Å². The van der Waals surface area contributed by atoms with Gasteiger partial charge in [0.25, 0.3) is 0 Å². The molecule has 94 heavy (non-hydrogen) atoms. The Morgan fingerprint density at radius 3 is 1.59 bits per heavy atom. The Bertz CT molecular complexity index is 2620. The molecule has 3 rings (SSSR count). The fraction of sp³-hybridized carbons (Fsp3) is 0.809. The summed E-state index contributed by atoms with van der Waals surface area (Å²) in [7, 11) is 11.8. The summed E-state index contributed by atoms with van der Waals surface area (Å²) in [6.45, 7) is 30.4. The van der Waals surface area contributed by atoms with Gasteiger partial charge in [0.15, 0.2) is 0 Å². The van der Waals surface area contributed by atoms with Crippen molar-refractivity contribution < 1.29 is 67.0 Å². The second-order valence-corrected chi connectivity index (χ2v) is 28.3. The molecule has 0 aromatic rings. The smallest absolute Gasteiger partial charge is 0.248 e. The highest BCUT2D eigenvalue weighted by molar-refractivity contribution is 6.00. The number of hydrogen-bond acceptors (Lipinski definition) is 15. The predicted octanol–water partition coefficient (Wildman–Crippen LogP) is 2.76. The zero-order valence-electron chi connectivity index (χ0n) is 61.3. The standard InChI is InChI=1S/C68H120N12O14/c1-25-27-28-42(11)57-56-61(84)71-49(26-2)64(87)73(17)46(15)63(86)77(21)54(43(12)37-93-32-31-80-30-29-48(36-80)92-24)60(83)72-53(41(9)10)67(90)74(18)50(33-38(3)4)59(82)69-44(13)58(81)70-45(14)62(85)75(19)51(34-39(5)6)65(88)76(20)52(35-40(7)8)66(89)78(22)55(47(16)94-57)68(91)79(56)23/h25,27,38-57H,26,28-37H2,1-24H3,(H,69,82)(H,70,81)(H,71,84)(H,72,83)/b27-25+/t42-,43-,44+,45-,46-,47?,48+,49+,50+,51+,52+,53+,54+,55+,56+,57-/m1/s1. The van der Waals surface area contributed by atoms with Crippen molar-refractivity contribution in [1.82, 2.24) is 60.5 Å². The summed E-state index contributed by atoms with van der Waals surface area (Å²) in [5.74, 6) is -9.40. The largest absolute Gasteiger partial charge is 0.380 e. The van der Waals surface area contributed by atoms with E-state index in [-0.39, 0.29) is 56.1 Å². The number of hydrogen-bond donors (Lipinski definition) is 4. The van der Waals surface area contributed by atoms with Crippen molar-refractivity contribution in [2.45, 2.75) is 234 Å². The number of carbonyl (C=O) groups excluding carboxylic acids is 11. The van der Waals surface area contributed by atoms with Crippen LogP contribution >= 0.6 is 0 Å². The summed E-state index contributed by atoms with van der Waals surface area (Å²) in [6.07, 6.45) is 3.66. The molecule has 0 radical (unpaired) electrons. The molecule has 2 bridgehead atoms. The van der Waals surface area contributed by atoms with Gasteiger partial charge in [-0.2, -0.15) is 0 Å². The van der Waals surface area contributed by atoms with Crippen molar-refractivity contribution in [2.75, 3.05) is 89.3 Å². The van der Waals surface area contributed by atoms with Crippen molar-refractivity contribution in [3.05, 3.63) is 12.2 Å². The molecule has 3 aliphatic rings. The van der Waals surface area contributed by atoms with Gasteiger partial charge in [-0.15, -0.1) is 0 Å². The number of likely N-dealkylation sites (N-methyl/N-ethyl adjacent to an activating group) is 7. The van der Waals surface area contributed by atoms with E-state index in [1.54, 1.807) is 41.7 Å². The van der Waals surface area contributed by atoms with Crippen LogP contribution in [0.3, 0.4) is 0 Å². The molecule has 3 aliphatic heterocycles. The molecule has 1 unspecified atom stereocenters. The van der Waals surface area contributed by atoms with Gasteiger partial charge in [0.1, 0.15) is 66.5 Å². The molecule has 11 amide bonds. The van der Waals surface area contributed by atoms with E-state index in [0.29, 0.717) is 19.6 Å². The summed E-state index contributed by atoms with van der Waals surface area (Å²) in [6, 6.07) is -13.6. The summed E-state index contributed by atoms with van der Waals surface area (Å²) >= 11 is 0. The van der Waals surface area contributed by atoms with E-state index in [0.717, 1.165) is 19.5 Å². The van der Waals surface area contributed by atoms with Gasteiger partial charge < -0.3 is 69.8 Å². The van der Waals surface area contributed by atoms with Crippen LogP contribution in [0, 0.1) is 35.5 Å². The lowest BCUT2D eigenvalue weighted by molar-refractivity contribution is -0.155. The number of amides is 11. The molecule has 0 spiro atoms. The van der Waals surface area contributed by atoms with Crippen molar-refractivity contribution in [2.24, 2.45) is 35.5 Å². The van der Waals surface area contributed by atoms with E-state index >= 15 is 24.0 Å². The molecule has 26 heteroatoms. The van der Waals surface area contributed by atoms with E-state index in [2.05, 4.69) is 26.2 Å². The van der Waals surface area contributed by atoms with Crippen molar-refractivity contribution in [1.29, 1.82) is 0 Å². The Morgan fingerprint density at radius 2 is 1.06 bits per heavy atom. The maximum atomic E-state index is 15.3. The highest BCUT2D eigenvalue weighted by Crippen LogP contribution is 2.30. The van der Waals surface area contributed by atoms with E-state index in [1.807, 2.05) is 67.5 Å². The van der Waals surface area contributed by atoms with Crippen LogP contribution in [0.2, 0.25) is 0 Å². The second kappa shape index (κ2) is 37.3. The fourth-order valence-corrected chi connectivity index (χ4v) is 12.8. The average molecular weight is 1330 g/mol. The average Bonchev–Trinajstić information content (AvgIpc) is 1.57. The van der Waals surface area contributed by atoms with Crippen LogP contribution in [-0.2, 0) is 67.0 Å². The lowest BCUT2D eigenvalue weighted by atomic mass is 9.92. The summed E-state index contributed by atoms with van der Waals surface area (Å²) in [5.41, 5.74) is 0. The SMILES string of the molecule is C/C=C/C[C@@H](C)[C@H]1OC(C)[C@H]2C(=O)N(C)[C@@H]1C(=O)N[C@@H](CC)C(=O)N(C)[C@H](C)C(=O)N(C)[C@@H]([C@H](C)COCCN1CC[C@H](OC)C1)C(=O)N[C@@H](C(C)C)C(=O)N(C)[C@@H](CC(C)C)C(=O)N[C@@H](C)C(=O)N[C@H](C)C(=O)N(C)[C@@H](CC(C)C)C(=O)N(C)[C@@H](CC(C)C)C(=O)N2C. The molecule has 26 nitrogen and oxygen atoms in total. The molecule has 3 saturated heterocycles. The molecule has 0 aliphatic carbocycles. The Balaban J connectivity index is 2.31. The Hall–Kier alpha value is -6.25. The molecule has 3 heterocycles. The topological polar surface area (TPSA) is 290 Å². The third kappa shape index (κ3) is 21.4. The zero-order chi connectivity index (χ0) is 71.7. The minimum absolute atomic E-state index is 0.00713.